The Bertz CT molecular complexity index is 915. The van der Waals surface area contributed by atoms with Gasteiger partial charge in [-0.3, -0.25) is 9.79 Å². The first kappa shape index (κ1) is 18.9. The summed E-state index contributed by atoms with van der Waals surface area (Å²) >= 11 is 0. The van der Waals surface area contributed by atoms with Crippen molar-refractivity contribution < 1.29 is 23.1 Å². The predicted molar refractivity (Wildman–Crippen MR) is 97.3 cm³/mol. The van der Waals surface area contributed by atoms with Gasteiger partial charge in [-0.2, -0.15) is 13.2 Å². The van der Waals surface area contributed by atoms with E-state index >= 15 is 0 Å². The Morgan fingerprint density at radius 1 is 1.04 bits per heavy atom. The number of alkyl halides is 3. The van der Waals surface area contributed by atoms with E-state index < -0.39 is 11.7 Å². The van der Waals surface area contributed by atoms with E-state index in [1.165, 1.54) is 25.1 Å². The van der Waals surface area contributed by atoms with Crippen LogP contribution in [0.1, 0.15) is 36.8 Å². The van der Waals surface area contributed by atoms with Crippen molar-refractivity contribution in [3.8, 4) is 0 Å². The molecule has 27 heavy (non-hydrogen) atoms. The molecule has 140 valence electrons. The molecule has 0 aromatic heterocycles. The first-order valence-corrected chi connectivity index (χ1v) is 8.49. The number of aliphatic hydroxyl groups is 1. The lowest BCUT2D eigenvalue weighted by atomic mass is 9.81. The van der Waals surface area contributed by atoms with Crippen LogP contribution >= 0.6 is 0 Å². The van der Waals surface area contributed by atoms with E-state index in [1.54, 1.807) is 0 Å². The number of allylic oxidation sites excluding steroid dienone is 2. The highest BCUT2D eigenvalue weighted by molar-refractivity contribution is 6.23. The van der Waals surface area contributed by atoms with E-state index in [0.29, 0.717) is 0 Å². The summed E-state index contributed by atoms with van der Waals surface area (Å²) in [6.45, 7) is 1.44. The number of hydrogen-bond acceptors (Lipinski definition) is 3. The highest BCUT2D eigenvalue weighted by Gasteiger charge is 2.34. The molecule has 0 heterocycles. The molecule has 1 unspecified atom stereocenters. The van der Waals surface area contributed by atoms with Crippen molar-refractivity contribution in [2.24, 2.45) is 4.99 Å². The maximum absolute atomic E-state index is 13.1. The van der Waals surface area contributed by atoms with Crippen molar-refractivity contribution in [2.45, 2.75) is 31.9 Å². The van der Waals surface area contributed by atoms with Crippen LogP contribution in [0.5, 0.6) is 0 Å². The van der Waals surface area contributed by atoms with Crippen molar-refractivity contribution in [3.05, 3.63) is 77.1 Å². The van der Waals surface area contributed by atoms with Crippen LogP contribution in [-0.4, -0.2) is 16.6 Å². The molecule has 1 aliphatic rings. The minimum absolute atomic E-state index is 0.0131. The molecule has 6 heteroatoms. The predicted octanol–water partition coefficient (Wildman–Crippen LogP) is 5.76. The number of carbonyl (C=O) groups is 1. The molecule has 1 aliphatic carbocycles. The zero-order chi connectivity index (χ0) is 19.6. The van der Waals surface area contributed by atoms with Crippen LogP contribution in [0.25, 0.3) is 0 Å². The summed E-state index contributed by atoms with van der Waals surface area (Å²) in [7, 11) is 0. The van der Waals surface area contributed by atoms with Crippen LogP contribution < -0.4 is 0 Å². The number of nitrogens with zero attached hydrogens (tertiary/aromatic N) is 1. The standard InChI is InChI=1S/C21H18F3NO2/c1-13(25-17-10-6-5-9-16(17)21(22,23)24)20-18(26)11-15(12-19(20)27)14-7-3-2-4-8-14/h2-10,15,26H,11-12H2,1H3. The Morgan fingerprint density at radius 2 is 1.67 bits per heavy atom. The summed E-state index contributed by atoms with van der Waals surface area (Å²) in [5.41, 5.74) is -0.121. The maximum Gasteiger partial charge on any atom is 0.418 e. The zero-order valence-electron chi connectivity index (χ0n) is 14.6. The quantitative estimate of drug-likeness (QED) is 0.696. The number of benzene rings is 2. The van der Waals surface area contributed by atoms with Crippen molar-refractivity contribution >= 4 is 17.2 Å². The van der Waals surface area contributed by atoms with Crippen LogP contribution in [-0.2, 0) is 11.0 Å². The molecule has 0 radical (unpaired) electrons. The van der Waals surface area contributed by atoms with Gasteiger partial charge in [0.15, 0.2) is 5.78 Å². The largest absolute Gasteiger partial charge is 0.511 e. The first-order valence-electron chi connectivity index (χ1n) is 8.49. The minimum Gasteiger partial charge on any atom is -0.511 e. The molecule has 0 fully saturated rings. The summed E-state index contributed by atoms with van der Waals surface area (Å²) in [5.74, 6) is -0.609. The molecule has 2 aromatic carbocycles. The van der Waals surface area contributed by atoms with Gasteiger partial charge < -0.3 is 5.11 Å². The smallest absolute Gasteiger partial charge is 0.418 e. The van der Waals surface area contributed by atoms with Crippen molar-refractivity contribution in [1.82, 2.24) is 0 Å². The lowest BCUT2D eigenvalue weighted by Gasteiger charge is -2.24. The minimum atomic E-state index is -4.55. The molecule has 3 nitrogen and oxygen atoms in total. The van der Waals surface area contributed by atoms with Gasteiger partial charge in [-0.1, -0.05) is 42.5 Å². The normalized spacial score (nSPS) is 18.7. The number of Topliss-reactive ketones (excluding diaryl/α,β-unsaturated/α-hetero) is 1. The van der Waals surface area contributed by atoms with Gasteiger partial charge in [-0.05, 0) is 30.5 Å². The van der Waals surface area contributed by atoms with Crippen LogP contribution in [0.4, 0.5) is 18.9 Å². The van der Waals surface area contributed by atoms with Crippen LogP contribution in [0.2, 0.25) is 0 Å². The number of para-hydroxylation sites is 1. The lowest BCUT2D eigenvalue weighted by molar-refractivity contribution is -0.137. The highest BCUT2D eigenvalue weighted by atomic mass is 19.4. The van der Waals surface area contributed by atoms with E-state index in [1.807, 2.05) is 30.3 Å². The van der Waals surface area contributed by atoms with Gasteiger partial charge in [0, 0.05) is 12.8 Å². The molecular formula is C21H18F3NO2. The number of halogens is 3. The molecule has 0 spiro atoms. The second-order valence-electron chi connectivity index (χ2n) is 6.47. The third-order valence-corrected chi connectivity index (χ3v) is 4.57. The Kier molecular flexibility index (Phi) is 5.17. The second-order valence-corrected chi connectivity index (χ2v) is 6.47. The van der Waals surface area contributed by atoms with Crippen LogP contribution in [0.3, 0.4) is 0 Å². The molecule has 0 bridgehead atoms. The van der Waals surface area contributed by atoms with E-state index in [-0.39, 0.29) is 47.3 Å². The molecular weight excluding hydrogens is 355 g/mol. The lowest BCUT2D eigenvalue weighted by Crippen LogP contribution is -2.22. The third kappa shape index (κ3) is 4.10. The van der Waals surface area contributed by atoms with Crippen LogP contribution in [0, 0.1) is 0 Å². The Labute approximate surface area is 154 Å². The Balaban J connectivity index is 1.95. The molecule has 0 saturated carbocycles. The van der Waals surface area contributed by atoms with Gasteiger partial charge >= 0.3 is 6.18 Å². The molecule has 3 rings (SSSR count). The number of rotatable bonds is 3. The molecule has 0 aliphatic heterocycles. The first-order chi connectivity index (χ1) is 12.8. The van der Waals surface area contributed by atoms with Gasteiger partial charge in [0.2, 0.25) is 0 Å². The monoisotopic (exact) mass is 373 g/mol. The average molecular weight is 373 g/mol. The maximum atomic E-state index is 13.1. The van der Waals surface area contributed by atoms with Crippen molar-refractivity contribution in [1.29, 1.82) is 0 Å². The number of aliphatic hydroxyl groups excluding tert-OH is 1. The Hall–Kier alpha value is -2.89. The molecule has 1 N–H and O–H groups in total. The summed E-state index contributed by atoms with van der Waals surface area (Å²) in [6, 6.07) is 14.3. The van der Waals surface area contributed by atoms with Gasteiger partial charge in [-0.15, -0.1) is 0 Å². The highest BCUT2D eigenvalue weighted by Crippen LogP contribution is 2.38. The van der Waals surface area contributed by atoms with Crippen molar-refractivity contribution in [2.75, 3.05) is 0 Å². The van der Waals surface area contributed by atoms with Gasteiger partial charge in [-0.25, -0.2) is 0 Å². The van der Waals surface area contributed by atoms with E-state index in [0.717, 1.165) is 11.6 Å². The number of hydrogen-bond donors (Lipinski definition) is 1. The molecule has 0 amide bonds. The van der Waals surface area contributed by atoms with Gasteiger partial charge in [0.1, 0.15) is 5.76 Å². The molecule has 0 saturated heterocycles. The fourth-order valence-corrected chi connectivity index (χ4v) is 3.31. The zero-order valence-corrected chi connectivity index (χ0v) is 14.6. The summed E-state index contributed by atoms with van der Waals surface area (Å²) in [5, 5.41) is 10.4. The SMILES string of the molecule is CC(=Nc1ccccc1C(F)(F)F)C1=C(O)CC(c2ccccc2)CC1=O. The van der Waals surface area contributed by atoms with E-state index in [4.69, 9.17) is 0 Å². The number of aliphatic imine (C=N–C) groups is 1. The number of ketones is 1. The summed E-state index contributed by atoms with van der Waals surface area (Å²) < 4.78 is 39.4. The summed E-state index contributed by atoms with van der Waals surface area (Å²) in [6.07, 6.45) is -4.12. The fraction of sp³-hybridized carbons (Fsp3) is 0.238. The fourth-order valence-electron chi connectivity index (χ4n) is 3.31. The molecule has 1 atom stereocenters. The average Bonchev–Trinajstić information content (AvgIpc) is 2.61. The van der Waals surface area contributed by atoms with E-state index in [2.05, 4.69) is 4.99 Å². The third-order valence-electron chi connectivity index (χ3n) is 4.57. The van der Waals surface area contributed by atoms with Gasteiger partial charge in [0.05, 0.1) is 22.5 Å². The van der Waals surface area contributed by atoms with Crippen LogP contribution in [0.15, 0.2) is 70.9 Å². The number of carbonyl (C=O) groups excluding carboxylic acids is 1. The Morgan fingerprint density at radius 3 is 2.30 bits per heavy atom. The topological polar surface area (TPSA) is 49.7 Å². The van der Waals surface area contributed by atoms with Gasteiger partial charge in [0.25, 0.3) is 0 Å². The second kappa shape index (κ2) is 7.39. The molecule has 2 aromatic rings. The summed E-state index contributed by atoms with van der Waals surface area (Å²) in [4.78, 5) is 16.6. The van der Waals surface area contributed by atoms with Crippen molar-refractivity contribution in [3.63, 3.8) is 0 Å². The van der Waals surface area contributed by atoms with E-state index in [9.17, 15) is 23.1 Å².